The summed E-state index contributed by atoms with van der Waals surface area (Å²) >= 11 is 0. The van der Waals surface area contributed by atoms with E-state index in [1.807, 2.05) is 11.8 Å². The largest absolute Gasteiger partial charge is 0.343 e. The van der Waals surface area contributed by atoms with Crippen LogP contribution in [0, 0.1) is 5.41 Å². The lowest BCUT2D eigenvalue weighted by atomic mass is 9.66. The Labute approximate surface area is 122 Å². The van der Waals surface area contributed by atoms with Gasteiger partial charge in [0.15, 0.2) is 0 Å². The van der Waals surface area contributed by atoms with E-state index < -0.39 is 0 Å². The highest BCUT2D eigenvalue weighted by Gasteiger charge is 2.45. The number of nitrogens with one attached hydrogen (secondary N) is 1. The third kappa shape index (κ3) is 2.70. The first-order chi connectivity index (χ1) is 9.56. The number of hydrogen-bond acceptors (Lipinski definition) is 2. The average Bonchev–Trinajstić information content (AvgIpc) is 2.39. The van der Waals surface area contributed by atoms with Gasteiger partial charge in [0.05, 0.1) is 0 Å². The molecule has 0 aromatic heterocycles. The monoisotopic (exact) mass is 280 g/mol. The van der Waals surface area contributed by atoms with E-state index in [0.29, 0.717) is 6.42 Å². The summed E-state index contributed by atoms with van der Waals surface area (Å²) in [5.74, 6) is 0.175. The SMILES string of the molecule is CCCC1NC(=O)C(CC)N(CC2(CC)CCC2)C1=O. The molecule has 2 unspecified atom stereocenters. The lowest BCUT2D eigenvalue weighted by molar-refractivity contribution is -0.152. The Morgan fingerprint density at radius 2 is 1.95 bits per heavy atom. The van der Waals surface area contributed by atoms with E-state index in [-0.39, 0.29) is 29.3 Å². The van der Waals surface area contributed by atoms with E-state index in [4.69, 9.17) is 0 Å². The summed E-state index contributed by atoms with van der Waals surface area (Å²) in [6.07, 6.45) is 7.13. The minimum Gasteiger partial charge on any atom is -0.343 e. The van der Waals surface area contributed by atoms with Crippen LogP contribution in [0.1, 0.15) is 65.7 Å². The zero-order valence-corrected chi connectivity index (χ0v) is 13.1. The Balaban J connectivity index is 2.15. The maximum atomic E-state index is 12.7. The molecule has 0 aromatic carbocycles. The summed E-state index contributed by atoms with van der Waals surface area (Å²) in [4.78, 5) is 26.8. The van der Waals surface area contributed by atoms with E-state index >= 15 is 0 Å². The Morgan fingerprint density at radius 3 is 2.40 bits per heavy atom. The van der Waals surface area contributed by atoms with Crippen LogP contribution in [0.15, 0.2) is 0 Å². The van der Waals surface area contributed by atoms with Crippen molar-refractivity contribution in [2.75, 3.05) is 6.54 Å². The molecule has 2 rings (SSSR count). The number of carbonyl (C=O) groups excluding carboxylic acids is 2. The van der Waals surface area contributed by atoms with Gasteiger partial charge in [0.1, 0.15) is 12.1 Å². The quantitative estimate of drug-likeness (QED) is 0.812. The highest BCUT2D eigenvalue weighted by atomic mass is 16.2. The summed E-state index contributed by atoms with van der Waals surface area (Å²) in [6, 6.07) is -0.566. The zero-order chi connectivity index (χ0) is 14.8. The highest BCUT2D eigenvalue weighted by Crippen LogP contribution is 2.45. The fraction of sp³-hybridized carbons (Fsp3) is 0.875. The van der Waals surface area contributed by atoms with Crippen molar-refractivity contribution in [3.05, 3.63) is 0 Å². The molecule has 1 saturated carbocycles. The molecule has 2 amide bonds. The van der Waals surface area contributed by atoms with Crippen LogP contribution in [0.3, 0.4) is 0 Å². The second-order valence-corrected chi connectivity index (χ2v) is 6.45. The van der Waals surface area contributed by atoms with E-state index in [0.717, 1.165) is 25.8 Å². The minimum absolute atomic E-state index is 0.0381. The maximum Gasteiger partial charge on any atom is 0.245 e. The van der Waals surface area contributed by atoms with Gasteiger partial charge in [-0.05, 0) is 37.5 Å². The van der Waals surface area contributed by atoms with Gasteiger partial charge in [0.2, 0.25) is 11.8 Å². The van der Waals surface area contributed by atoms with Crippen molar-refractivity contribution >= 4 is 11.8 Å². The van der Waals surface area contributed by atoms with Gasteiger partial charge in [-0.2, -0.15) is 0 Å². The number of hydrogen-bond donors (Lipinski definition) is 1. The third-order valence-corrected chi connectivity index (χ3v) is 5.21. The van der Waals surface area contributed by atoms with Gasteiger partial charge < -0.3 is 10.2 Å². The fourth-order valence-corrected chi connectivity index (χ4v) is 3.56. The van der Waals surface area contributed by atoms with Crippen molar-refractivity contribution in [2.45, 2.75) is 77.8 Å². The van der Waals surface area contributed by atoms with E-state index in [2.05, 4.69) is 19.2 Å². The second-order valence-electron chi connectivity index (χ2n) is 6.45. The summed E-state index contributed by atoms with van der Waals surface area (Å²) in [5, 5.41) is 2.91. The highest BCUT2D eigenvalue weighted by molar-refractivity contribution is 5.96. The van der Waals surface area contributed by atoms with E-state index in [9.17, 15) is 9.59 Å². The molecule has 0 radical (unpaired) electrons. The number of rotatable bonds is 6. The first-order valence-corrected chi connectivity index (χ1v) is 8.17. The van der Waals surface area contributed by atoms with Crippen LogP contribution in [0.25, 0.3) is 0 Å². The van der Waals surface area contributed by atoms with Gasteiger partial charge in [0.25, 0.3) is 0 Å². The first-order valence-electron chi connectivity index (χ1n) is 8.17. The van der Waals surface area contributed by atoms with Gasteiger partial charge in [-0.25, -0.2) is 0 Å². The number of carbonyl (C=O) groups is 2. The molecular weight excluding hydrogens is 252 g/mol. The van der Waals surface area contributed by atoms with Crippen LogP contribution in [0.2, 0.25) is 0 Å². The molecule has 1 aliphatic carbocycles. The minimum atomic E-state index is -0.302. The first kappa shape index (κ1) is 15.3. The van der Waals surface area contributed by atoms with Crippen LogP contribution >= 0.6 is 0 Å². The Hall–Kier alpha value is -1.06. The van der Waals surface area contributed by atoms with Gasteiger partial charge in [-0.1, -0.05) is 33.6 Å². The van der Waals surface area contributed by atoms with Crippen molar-refractivity contribution in [1.29, 1.82) is 0 Å². The van der Waals surface area contributed by atoms with Gasteiger partial charge in [-0.15, -0.1) is 0 Å². The molecule has 20 heavy (non-hydrogen) atoms. The molecule has 1 heterocycles. The molecule has 4 heteroatoms. The van der Waals surface area contributed by atoms with Crippen molar-refractivity contribution < 1.29 is 9.59 Å². The summed E-state index contributed by atoms with van der Waals surface area (Å²) in [7, 11) is 0. The maximum absolute atomic E-state index is 12.7. The van der Waals surface area contributed by atoms with Crippen molar-refractivity contribution in [3.63, 3.8) is 0 Å². The molecule has 1 aliphatic heterocycles. The zero-order valence-electron chi connectivity index (χ0n) is 13.1. The molecule has 0 aromatic rings. The van der Waals surface area contributed by atoms with Crippen molar-refractivity contribution in [2.24, 2.45) is 5.41 Å². The molecule has 1 saturated heterocycles. The van der Waals surface area contributed by atoms with Crippen LogP contribution in [0.4, 0.5) is 0 Å². The van der Waals surface area contributed by atoms with E-state index in [1.54, 1.807) is 0 Å². The predicted octanol–water partition coefficient (Wildman–Crippen LogP) is 2.47. The third-order valence-electron chi connectivity index (χ3n) is 5.21. The lowest BCUT2D eigenvalue weighted by Crippen LogP contribution is -2.65. The summed E-state index contributed by atoms with van der Waals surface area (Å²) < 4.78 is 0. The van der Waals surface area contributed by atoms with Gasteiger partial charge >= 0.3 is 0 Å². The Bertz CT molecular complexity index is 371. The number of piperazine rings is 1. The van der Waals surface area contributed by atoms with Crippen molar-refractivity contribution in [1.82, 2.24) is 10.2 Å². The van der Waals surface area contributed by atoms with Crippen LogP contribution in [-0.4, -0.2) is 35.3 Å². The topological polar surface area (TPSA) is 49.4 Å². The molecular formula is C16H28N2O2. The number of amides is 2. The standard InChI is InChI=1S/C16H28N2O2/c1-4-8-12-15(20)18(13(5-2)14(19)17-12)11-16(6-3)9-7-10-16/h12-13H,4-11H2,1-3H3,(H,17,19). The van der Waals surface area contributed by atoms with Gasteiger partial charge in [-0.3, -0.25) is 9.59 Å². The summed E-state index contributed by atoms with van der Waals surface area (Å²) in [6.45, 7) is 7.02. The predicted molar refractivity (Wildman–Crippen MR) is 79.2 cm³/mol. The molecule has 2 aliphatic rings. The normalized spacial score (nSPS) is 29.1. The van der Waals surface area contributed by atoms with Crippen LogP contribution in [0.5, 0.6) is 0 Å². The Kier molecular flexibility index (Phi) is 4.71. The van der Waals surface area contributed by atoms with Crippen LogP contribution < -0.4 is 5.32 Å². The number of nitrogens with zero attached hydrogens (tertiary/aromatic N) is 1. The molecule has 2 atom stereocenters. The molecule has 2 fully saturated rings. The smallest absolute Gasteiger partial charge is 0.245 e. The lowest BCUT2D eigenvalue weighted by Gasteiger charge is -2.48. The summed E-state index contributed by atoms with van der Waals surface area (Å²) in [5.41, 5.74) is 0.275. The Morgan fingerprint density at radius 1 is 1.25 bits per heavy atom. The van der Waals surface area contributed by atoms with Crippen molar-refractivity contribution in [3.8, 4) is 0 Å². The van der Waals surface area contributed by atoms with Crippen LogP contribution in [-0.2, 0) is 9.59 Å². The second kappa shape index (κ2) is 6.15. The van der Waals surface area contributed by atoms with Gasteiger partial charge in [0, 0.05) is 6.54 Å². The molecule has 0 bridgehead atoms. The molecule has 4 nitrogen and oxygen atoms in total. The average molecular weight is 280 g/mol. The fourth-order valence-electron chi connectivity index (χ4n) is 3.56. The van der Waals surface area contributed by atoms with E-state index in [1.165, 1.54) is 19.3 Å². The molecule has 1 N–H and O–H groups in total. The molecule has 0 spiro atoms. The molecule has 114 valence electrons.